The monoisotopic (exact) mass is 365 g/mol. The summed E-state index contributed by atoms with van der Waals surface area (Å²) in [5.74, 6) is 1.47. The summed E-state index contributed by atoms with van der Waals surface area (Å²) in [4.78, 5) is 0.305. The van der Waals surface area contributed by atoms with E-state index < -0.39 is 10.0 Å². The van der Waals surface area contributed by atoms with Crippen molar-refractivity contribution in [2.75, 3.05) is 26.0 Å². The molecule has 1 aliphatic heterocycles. The van der Waals surface area contributed by atoms with Crippen LogP contribution >= 0.6 is 27.7 Å². The molecule has 1 aliphatic rings. The van der Waals surface area contributed by atoms with Gasteiger partial charge >= 0.3 is 0 Å². The predicted octanol–water partition coefficient (Wildman–Crippen LogP) is 2.58. The lowest BCUT2D eigenvalue weighted by Gasteiger charge is -2.29. The number of rotatable bonds is 3. The molecule has 106 valence electrons. The lowest BCUT2D eigenvalue weighted by Crippen LogP contribution is -2.40. The minimum atomic E-state index is -3.41. The Labute approximate surface area is 126 Å². The minimum absolute atomic E-state index is 0.305. The van der Waals surface area contributed by atoms with E-state index in [4.69, 9.17) is 4.74 Å². The number of nitrogens with zero attached hydrogens (tertiary/aromatic N) is 1. The van der Waals surface area contributed by atoms with Crippen molar-refractivity contribution in [2.24, 2.45) is 0 Å². The first-order valence-corrected chi connectivity index (χ1v) is 9.18. The van der Waals surface area contributed by atoms with Crippen LogP contribution in [0.25, 0.3) is 0 Å². The van der Waals surface area contributed by atoms with Gasteiger partial charge in [-0.2, -0.15) is 16.1 Å². The second-order valence-corrected chi connectivity index (χ2v) is 8.68. The molecular formula is C12H16BrNO3S2. The highest BCUT2D eigenvalue weighted by Gasteiger charge is 2.29. The van der Waals surface area contributed by atoms with E-state index in [0.717, 1.165) is 5.75 Å². The van der Waals surface area contributed by atoms with Crippen LogP contribution in [0.5, 0.6) is 5.75 Å². The summed E-state index contributed by atoms with van der Waals surface area (Å²) < 4.78 is 32.4. The first-order valence-electron chi connectivity index (χ1n) is 5.90. The molecule has 0 N–H and O–H groups in total. The summed E-state index contributed by atoms with van der Waals surface area (Å²) in [6.07, 6.45) is 0. The Balaban J connectivity index is 2.31. The van der Waals surface area contributed by atoms with Gasteiger partial charge in [-0.15, -0.1) is 0 Å². The summed E-state index contributed by atoms with van der Waals surface area (Å²) in [6, 6.07) is 4.85. The number of benzene rings is 1. The SMILES string of the molecule is COc1ccc(S(=O)(=O)N2CCSC(C)C2)cc1Br. The van der Waals surface area contributed by atoms with Gasteiger partial charge in [-0.1, -0.05) is 6.92 Å². The molecule has 0 aromatic heterocycles. The summed E-state index contributed by atoms with van der Waals surface area (Å²) >= 11 is 5.13. The normalized spacial score (nSPS) is 21.3. The maximum absolute atomic E-state index is 12.5. The maximum Gasteiger partial charge on any atom is 0.243 e. The Bertz CT molecular complexity index is 562. The van der Waals surface area contributed by atoms with E-state index in [0.29, 0.717) is 33.5 Å². The maximum atomic E-state index is 12.5. The molecule has 4 nitrogen and oxygen atoms in total. The van der Waals surface area contributed by atoms with Crippen LogP contribution in [-0.2, 0) is 10.0 Å². The van der Waals surface area contributed by atoms with Crippen molar-refractivity contribution in [2.45, 2.75) is 17.1 Å². The summed E-state index contributed by atoms with van der Waals surface area (Å²) in [7, 11) is -1.85. The zero-order chi connectivity index (χ0) is 14.0. The Kier molecular flexibility index (Phi) is 4.81. The largest absolute Gasteiger partial charge is 0.496 e. The molecule has 0 bridgehead atoms. The number of methoxy groups -OCH3 is 1. The standard InChI is InChI=1S/C12H16BrNO3S2/c1-9-8-14(5-6-18-9)19(15,16)10-3-4-12(17-2)11(13)7-10/h3-4,7,9H,5-6,8H2,1-2H3. The van der Waals surface area contributed by atoms with Gasteiger partial charge in [-0.05, 0) is 34.1 Å². The summed E-state index contributed by atoms with van der Waals surface area (Å²) in [6.45, 7) is 3.19. The van der Waals surface area contributed by atoms with Crippen molar-refractivity contribution < 1.29 is 13.2 Å². The third-order valence-corrected chi connectivity index (χ3v) is 6.58. The van der Waals surface area contributed by atoms with E-state index >= 15 is 0 Å². The van der Waals surface area contributed by atoms with Gasteiger partial charge in [-0.25, -0.2) is 8.42 Å². The first kappa shape index (κ1) is 15.2. The molecule has 1 heterocycles. The van der Waals surface area contributed by atoms with Crippen LogP contribution in [0.1, 0.15) is 6.92 Å². The quantitative estimate of drug-likeness (QED) is 0.825. The lowest BCUT2D eigenvalue weighted by molar-refractivity contribution is 0.410. The Morgan fingerprint density at radius 3 is 2.79 bits per heavy atom. The third kappa shape index (κ3) is 3.26. The van der Waals surface area contributed by atoms with Crippen LogP contribution in [-0.4, -0.2) is 43.9 Å². The molecule has 0 saturated carbocycles. The average Bonchev–Trinajstić information content (AvgIpc) is 2.38. The van der Waals surface area contributed by atoms with E-state index in [9.17, 15) is 8.42 Å². The fraction of sp³-hybridized carbons (Fsp3) is 0.500. The highest BCUT2D eigenvalue weighted by atomic mass is 79.9. The molecule has 0 radical (unpaired) electrons. The molecule has 1 saturated heterocycles. The van der Waals surface area contributed by atoms with Gasteiger partial charge in [0.2, 0.25) is 10.0 Å². The zero-order valence-electron chi connectivity index (χ0n) is 10.8. The van der Waals surface area contributed by atoms with Crippen molar-refractivity contribution in [3.63, 3.8) is 0 Å². The van der Waals surface area contributed by atoms with Crippen molar-refractivity contribution in [3.05, 3.63) is 22.7 Å². The fourth-order valence-electron chi connectivity index (χ4n) is 1.96. The molecule has 0 aliphatic carbocycles. The Hall–Kier alpha value is -0.240. The second-order valence-electron chi connectivity index (χ2n) is 4.34. The molecule has 1 unspecified atom stereocenters. The molecule has 7 heteroatoms. The van der Waals surface area contributed by atoms with E-state index in [1.807, 2.05) is 0 Å². The van der Waals surface area contributed by atoms with E-state index in [-0.39, 0.29) is 0 Å². The molecule has 0 spiro atoms. The third-order valence-electron chi connectivity index (χ3n) is 2.96. The van der Waals surface area contributed by atoms with Gasteiger partial charge in [0.25, 0.3) is 0 Å². The molecule has 1 aromatic carbocycles. The summed E-state index contributed by atoms with van der Waals surface area (Å²) in [5, 5.41) is 0.338. The van der Waals surface area contributed by atoms with Crippen molar-refractivity contribution in [1.29, 1.82) is 0 Å². The highest BCUT2D eigenvalue weighted by molar-refractivity contribution is 9.10. The molecule has 2 rings (SSSR count). The van der Waals surface area contributed by atoms with Gasteiger partial charge < -0.3 is 4.74 Å². The molecule has 0 amide bonds. The average molecular weight is 366 g/mol. The second kappa shape index (κ2) is 6.03. The highest BCUT2D eigenvalue weighted by Crippen LogP contribution is 2.30. The first-order chi connectivity index (χ1) is 8.95. The summed E-state index contributed by atoms with van der Waals surface area (Å²) in [5.41, 5.74) is 0. The number of halogens is 1. The van der Waals surface area contributed by atoms with Gasteiger partial charge in [-0.3, -0.25) is 0 Å². The number of thioether (sulfide) groups is 1. The molecule has 1 aromatic rings. The smallest absolute Gasteiger partial charge is 0.243 e. The molecule has 1 fully saturated rings. The van der Waals surface area contributed by atoms with Crippen LogP contribution in [0.2, 0.25) is 0 Å². The van der Waals surface area contributed by atoms with Gasteiger partial charge in [0.15, 0.2) is 0 Å². The van der Waals surface area contributed by atoms with Crippen molar-refractivity contribution in [3.8, 4) is 5.75 Å². The molecule has 19 heavy (non-hydrogen) atoms. The van der Waals surface area contributed by atoms with Crippen LogP contribution < -0.4 is 4.74 Å². The van der Waals surface area contributed by atoms with Crippen LogP contribution in [0.4, 0.5) is 0 Å². The van der Waals surface area contributed by atoms with Crippen molar-refractivity contribution >= 4 is 37.7 Å². The minimum Gasteiger partial charge on any atom is -0.496 e. The van der Waals surface area contributed by atoms with E-state index in [1.54, 1.807) is 41.4 Å². The lowest BCUT2D eigenvalue weighted by atomic mass is 10.3. The number of hydrogen-bond acceptors (Lipinski definition) is 4. The molecular weight excluding hydrogens is 350 g/mol. The van der Waals surface area contributed by atoms with E-state index in [1.165, 1.54) is 0 Å². The van der Waals surface area contributed by atoms with Crippen LogP contribution in [0.3, 0.4) is 0 Å². The van der Waals surface area contributed by atoms with Crippen LogP contribution in [0.15, 0.2) is 27.6 Å². The van der Waals surface area contributed by atoms with Gasteiger partial charge in [0.1, 0.15) is 5.75 Å². The number of ether oxygens (including phenoxy) is 1. The van der Waals surface area contributed by atoms with E-state index in [2.05, 4.69) is 22.9 Å². The predicted molar refractivity (Wildman–Crippen MR) is 81.4 cm³/mol. The Morgan fingerprint density at radius 2 is 2.21 bits per heavy atom. The topological polar surface area (TPSA) is 46.6 Å². The number of sulfonamides is 1. The van der Waals surface area contributed by atoms with Gasteiger partial charge in [0.05, 0.1) is 16.5 Å². The van der Waals surface area contributed by atoms with Crippen LogP contribution in [0, 0.1) is 0 Å². The number of hydrogen-bond donors (Lipinski definition) is 0. The fourth-order valence-corrected chi connectivity index (χ4v) is 5.43. The van der Waals surface area contributed by atoms with Crippen molar-refractivity contribution in [1.82, 2.24) is 4.31 Å². The van der Waals surface area contributed by atoms with Gasteiger partial charge in [0, 0.05) is 24.1 Å². The molecule has 1 atom stereocenters. The Morgan fingerprint density at radius 1 is 1.47 bits per heavy atom. The zero-order valence-corrected chi connectivity index (χ0v) is 14.0.